The summed E-state index contributed by atoms with van der Waals surface area (Å²) in [5, 5.41) is 2.97. The lowest BCUT2D eigenvalue weighted by atomic mass is 10.1. The van der Waals surface area contributed by atoms with Crippen molar-refractivity contribution in [2.45, 2.75) is 38.7 Å². The fourth-order valence-corrected chi connectivity index (χ4v) is 3.07. The van der Waals surface area contributed by atoms with Crippen LogP contribution in [0.2, 0.25) is 0 Å². The monoisotopic (exact) mass is 341 g/mol. The molecule has 1 amide bonds. The molecule has 3 nitrogen and oxygen atoms in total. The van der Waals surface area contributed by atoms with Gasteiger partial charge in [-0.15, -0.1) is 0 Å². The van der Waals surface area contributed by atoms with E-state index in [1.54, 1.807) is 12.1 Å². The fourth-order valence-electron chi connectivity index (χ4n) is 3.07. The van der Waals surface area contributed by atoms with Gasteiger partial charge in [-0.2, -0.15) is 0 Å². The van der Waals surface area contributed by atoms with Crippen molar-refractivity contribution in [1.29, 1.82) is 0 Å². The molecule has 2 aromatic rings. The predicted molar refractivity (Wildman–Crippen MR) is 96.2 cm³/mol. The Hall–Kier alpha value is -2.36. The Morgan fingerprint density at radius 3 is 2.60 bits per heavy atom. The highest BCUT2D eigenvalue weighted by Crippen LogP contribution is 2.48. The molecule has 0 spiro atoms. The average molecular weight is 341 g/mol. The first-order chi connectivity index (χ1) is 12.0. The van der Waals surface area contributed by atoms with Gasteiger partial charge in [0.2, 0.25) is 5.91 Å². The lowest BCUT2D eigenvalue weighted by molar-refractivity contribution is -0.122. The third-order valence-corrected chi connectivity index (χ3v) is 4.44. The summed E-state index contributed by atoms with van der Waals surface area (Å²) in [6, 6.07) is 14.7. The van der Waals surface area contributed by atoms with E-state index in [0.717, 1.165) is 24.2 Å². The normalized spacial score (nSPS) is 18.9. The molecule has 132 valence electrons. The third kappa shape index (κ3) is 4.59. The maximum absolute atomic E-state index is 13.8. The lowest BCUT2D eigenvalue weighted by Crippen LogP contribution is -2.27. The first-order valence-corrected chi connectivity index (χ1v) is 8.82. The standard InChI is InChI=1S/C21H24FNO2/c1-14(2)25-16-9-7-15(8-10-16)11-12-23-21(24)19-13-18(19)17-5-3-4-6-20(17)22/h3-10,14,18-19H,11-13H2,1-2H3,(H,23,24). The molecule has 25 heavy (non-hydrogen) atoms. The van der Waals surface area contributed by atoms with Crippen LogP contribution in [-0.4, -0.2) is 18.6 Å². The Labute approximate surface area is 148 Å². The molecule has 0 bridgehead atoms. The van der Waals surface area contributed by atoms with Gasteiger partial charge in [-0.1, -0.05) is 30.3 Å². The molecule has 0 saturated heterocycles. The lowest BCUT2D eigenvalue weighted by Gasteiger charge is -2.10. The Morgan fingerprint density at radius 1 is 1.20 bits per heavy atom. The largest absolute Gasteiger partial charge is 0.491 e. The molecule has 3 rings (SSSR count). The van der Waals surface area contributed by atoms with E-state index in [-0.39, 0.29) is 29.7 Å². The van der Waals surface area contributed by atoms with Crippen LogP contribution in [0.4, 0.5) is 4.39 Å². The van der Waals surface area contributed by atoms with Gasteiger partial charge >= 0.3 is 0 Å². The van der Waals surface area contributed by atoms with Gasteiger partial charge in [0.25, 0.3) is 0 Å². The molecular weight excluding hydrogens is 317 g/mol. The summed E-state index contributed by atoms with van der Waals surface area (Å²) in [7, 11) is 0. The SMILES string of the molecule is CC(C)Oc1ccc(CCNC(=O)C2CC2c2ccccc2F)cc1. The van der Waals surface area contributed by atoms with E-state index in [9.17, 15) is 9.18 Å². The highest BCUT2D eigenvalue weighted by Gasteiger charge is 2.44. The maximum Gasteiger partial charge on any atom is 0.223 e. The van der Waals surface area contributed by atoms with Gasteiger partial charge in [-0.3, -0.25) is 4.79 Å². The van der Waals surface area contributed by atoms with Crippen LogP contribution in [0, 0.1) is 11.7 Å². The van der Waals surface area contributed by atoms with Crippen LogP contribution in [0.5, 0.6) is 5.75 Å². The molecule has 1 fully saturated rings. The second-order valence-electron chi connectivity index (χ2n) is 6.82. The zero-order valence-electron chi connectivity index (χ0n) is 14.7. The summed E-state index contributed by atoms with van der Waals surface area (Å²) < 4.78 is 19.4. The van der Waals surface area contributed by atoms with E-state index in [0.29, 0.717) is 12.1 Å². The first kappa shape index (κ1) is 17.5. The van der Waals surface area contributed by atoms with E-state index in [4.69, 9.17) is 4.74 Å². The van der Waals surface area contributed by atoms with Gasteiger partial charge in [0, 0.05) is 12.5 Å². The van der Waals surface area contributed by atoms with Crippen LogP contribution >= 0.6 is 0 Å². The van der Waals surface area contributed by atoms with E-state index >= 15 is 0 Å². The van der Waals surface area contributed by atoms with Crippen molar-refractivity contribution in [2.24, 2.45) is 5.92 Å². The summed E-state index contributed by atoms with van der Waals surface area (Å²) >= 11 is 0. The Balaban J connectivity index is 1.44. The maximum atomic E-state index is 13.8. The highest BCUT2D eigenvalue weighted by molar-refractivity contribution is 5.82. The smallest absolute Gasteiger partial charge is 0.223 e. The predicted octanol–water partition coefficient (Wildman–Crippen LogP) is 4.08. The van der Waals surface area contributed by atoms with Gasteiger partial charge in [-0.05, 0) is 61.9 Å². The van der Waals surface area contributed by atoms with Crippen molar-refractivity contribution in [3.8, 4) is 5.75 Å². The van der Waals surface area contributed by atoms with Crippen molar-refractivity contribution >= 4 is 5.91 Å². The summed E-state index contributed by atoms with van der Waals surface area (Å²) in [5.41, 5.74) is 1.81. The number of halogens is 1. The molecule has 1 N–H and O–H groups in total. The minimum atomic E-state index is -0.216. The number of hydrogen-bond donors (Lipinski definition) is 1. The van der Waals surface area contributed by atoms with Crippen molar-refractivity contribution in [2.75, 3.05) is 6.54 Å². The molecular formula is C21H24FNO2. The molecule has 0 aromatic heterocycles. The molecule has 2 unspecified atom stereocenters. The Morgan fingerprint density at radius 2 is 1.92 bits per heavy atom. The number of hydrogen-bond acceptors (Lipinski definition) is 2. The fraction of sp³-hybridized carbons (Fsp3) is 0.381. The zero-order chi connectivity index (χ0) is 17.8. The van der Waals surface area contributed by atoms with Crippen LogP contribution in [0.1, 0.15) is 37.3 Å². The van der Waals surface area contributed by atoms with Crippen LogP contribution in [0.25, 0.3) is 0 Å². The molecule has 1 saturated carbocycles. The van der Waals surface area contributed by atoms with Crippen molar-refractivity contribution in [3.63, 3.8) is 0 Å². The van der Waals surface area contributed by atoms with Gasteiger partial charge < -0.3 is 10.1 Å². The number of ether oxygens (including phenoxy) is 1. The average Bonchev–Trinajstić information content (AvgIpc) is 3.37. The topological polar surface area (TPSA) is 38.3 Å². The molecule has 4 heteroatoms. The summed E-state index contributed by atoms with van der Waals surface area (Å²) in [4.78, 5) is 12.2. The van der Waals surface area contributed by atoms with E-state index in [2.05, 4.69) is 5.32 Å². The summed E-state index contributed by atoms with van der Waals surface area (Å²) in [5.74, 6) is 0.584. The number of nitrogens with one attached hydrogen (secondary N) is 1. The zero-order valence-corrected chi connectivity index (χ0v) is 14.7. The van der Waals surface area contributed by atoms with Gasteiger partial charge in [0.1, 0.15) is 11.6 Å². The van der Waals surface area contributed by atoms with Gasteiger partial charge in [-0.25, -0.2) is 4.39 Å². The van der Waals surface area contributed by atoms with Gasteiger partial charge in [0.05, 0.1) is 6.10 Å². The van der Waals surface area contributed by atoms with Crippen LogP contribution in [-0.2, 0) is 11.2 Å². The number of carbonyl (C=O) groups excluding carboxylic acids is 1. The van der Waals surface area contributed by atoms with E-state index in [1.807, 2.05) is 44.2 Å². The number of carbonyl (C=O) groups is 1. The number of benzene rings is 2. The van der Waals surface area contributed by atoms with Crippen molar-refractivity contribution in [1.82, 2.24) is 5.32 Å². The molecule has 0 aliphatic heterocycles. The Kier molecular flexibility index (Phi) is 5.37. The van der Waals surface area contributed by atoms with Crippen LogP contribution in [0.3, 0.4) is 0 Å². The molecule has 2 aromatic carbocycles. The molecule has 0 heterocycles. The second-order valence-corrected chi connectivity index (χ2v) is 6.82. The van der Waals surface area contributed by atoms with E-state index in [1.165, 1.54) is 6.07 Å². The molecule has 0 radical (unpaired) electrons. The van der Waals surface area contributed by atoms with Crippen LogP contribution in [0.15, 0.2) is 48.5 Å². The second kappa shape index (κ2) is 7.68. The number of rotatable bonds is 7. The Bertz CT molecular complexity index is 727. The summed E-state index contributed by atoms with van der Waals surface area (Å²) in [6.45, 7) is 4.58. The third-order valence-electron chi connectivity index (χ3n) is 4.44. The van der Waals surface area contributed by atoms with Gasteiger partial charge in [0.15, 0.2) is 0 Å². The number of amides is 1. The van der Waals surface area contributed by atoms with Crippen LogP contribution < -0.4 is 10.1 Å². The summed E-state index contributed by atoms with van der Waals surface area (Å²) in [6.07, 6.45) is 1.66. The molecule has 1 aliphatic rings. The van der Waals surface area contributed by atoms with E-state index < -0.39 is 0 Å². The van der Waals surface area contributed by atoms with Crippen molar-refractivity contribution < 1.29 is 13.9 Å². The minimum absolute atomic E-state index is 0.0213. The van der Waals surface area contributed by atoms with Crippen molar-refractivity contribution in [3.05, 3.63) is 65.5 Å². The highest BCUT2D eigenvalue weighted by atomic mass is 19.1. The minimum Gasteiger partial charge on any atom is -0.491 e. The quantitative estimate of drug-likeness (QED) is 0.824. The first-order valence-electron chi connectivity index (χ1n) is 8.82. The molecule has 2 atom stereocenters. The molecule has 1 aliphatic carbocycles.